The fourth-order valence-electron chi connectivity index (χ4n) is 2.25. The SMILES string of the molecule is CCCNC(Cc1nc(C)cs1)Cc1c(Cl)cccc1Cl. The summed E-state index contributed by atoms with van der Waals surface area (Å²) >= 11 is 14.3. The van der Waals surface area contributed by atoms with Gasteiger partial charge in [0.25, 0.3) is 0 Å². The maximum Gasteiger partial charge on any atom is 0.0943 e. The van der Waals surface area contributed by atoms with E-state index in [1.54, 1.807) is 11.3 Å². The van der Waals surface area contributed by atoms with E-state index in [2.05, 4.69) is 22.6 Å². The molecule has 1 aromatic carbocycles. The Labute approximate surface area is 140 Å². The highest BCUT2D eigenvalue weighted by Gasteiger charge is 2.15. The van der Waals surface area contributed by atoms with Crippen LogP contribution >= 0.6 is 34.5 Å². The third-order valence-corrected chi connectivity index (χ3v) is 4.98. The molecule has 114 valence electrons. The Hall–Kier alpha value is -0.610. The minimum Gasteiger partial charge on any atom is -0.313 e. The molecule has 0 radical (unpaired) electrons. The van der Waals surface area contributed by atoms with Crippen molar-refractivity contribution in [3.8, 4) is 0 Å². The topological polar surface area (TPSA) is 24.9 Å². The van der Waals surface area contributed by atoms with Crippen molar-refractivity contribution in [2.75, 3.05) is 6.54 Å². The van der Waals surface area contributed by atoms with Crippen LogP contribution < -0.4 is 5.32 Å². The lowest BCUT2D eigenvalue weighted by molar-refractivity contribution is 0.504. The third-order valence-electron chi connectivity index (χ3n) is 3.28. The summed E-state index contributed by atoms with van der Waals surface area (Å²) in [6.45, 7) is 5.18. The van der Waals surface area contributed by atoms with Gasteiger partial charge in [-0.15, -0.1) is 11.3 Å². The quantitative estimate of drug-likeness (QED) is 0.772. The number of thiazole rings is 1. The molecule has 0 aliphatic rings. The molecule has 0 spiro atoms. The minimum absolute atomic E-state index is 0.299. The number of rotatable bonds is 7. The van der Waals surface area contributed by atoms with Gasteiger partial charge in [0.2, 0.25) is 0 Å². The Morgan fingerprint density at radius 3 is 2.52 bits per heavy atom. The highest BCUT2D eigenvalue weighted by molar-refractivity contribution is 7.09. The van der Waals surface area contributed by atoms with E-state index >= 15 is 0 Å². The predicted octanol–water partition coefficient (Wildman–Crippen LogP) is 4.91. The molecule has 0 bridgehead atoms. The Bertz CT molecular complexity index is 563. The molecule has 1 N–H and O–H groups in total. The number of benzene rings is 1. The number of nitrogens with zero attached hydrogens (tertiary/aromatic N) is 1. The summed E-state index contributed by atoms with van der Waals surface area (Å²) in [5.41, 5.74) is 2.10. The zero-order chi connectivity index (χ0) is 15.2. The summed E-state index contributed by atoms with van der Waals surface area (Å²) in [7, 11) is 0. The number of halogens is 2. The van der Waals surface area contributed by atoms with Crippen molar-refractivity contribution in [3.63, 3.8) is 0 Å². The van der Waals surface area contributed by atoms with Crippen LogP contribution in [-0.2, 0) is 12.8 Å². The summed E-state index contributed by atoms with van der Waals surface area (Å²) < 4.78 is 0. The molecular formula is C16H20Cl2N2S. The van der Waals surface area contributed by atoms with Crippen LogP contribution in [0.3, 0.4) is 0 Å². The fraction of sp³-hybridized carbons (Fsp3) is 0.438. The third kappa shape index (κ3) is 4.96. The molecule has 1 heterocycles. The van der Waals surface area contributed by atoms with Gasteiger partial charge in [-0.25, -0.2) is 4.98 Å². The molecule has 0 saturated carbocycles. The number of hydrogen-bond donors (Lipinski definition) is 1. The van der Waals surface area contributed by atoms with E-state index in [-0.39, 0.29) is 0 Å². The zero-order valence-electron chi connectivity index (χ0n) is 12.3. The van der Waals surface area contributed by atoms with Gasteiger partial charge in [-0.2, -0.15) is 0 Å². The summed E-state index contributed by atoms with van der Waals surface area (Å²) in [6, 6.07) is 5.97. The van der Waals surface area contributed by atoms with Crippen LogP contribution in [0.5, 0.6) is 0 Å². The van der Waals surface area contributed by atoms with Gasteiger partial charge in [0.1, 0.15) is 0 Å². The minimum atomic E-state index is 0.299. The van der Waals surface area contributed by atoms with Gasteiger partial charge in [0.05, 0.1) is 5.01 Å². The summed E-state index contributed by atoms with van der Waals surface area (Å²) in [4.78, 5) is 4.56. The first-order valence-corrected chi connectivity index (χ1v) is 8.81. The van der Waals surface area contributed by atoms with Crippen molar-refractivity contribution in [2.24, 2.45) is 0 Å². The summed E-state index contributed by atoms with van der Waals surface area (Å²) in [5, 5.41) is 8.30. The standard InChI is InChI=1S/C16H20Cl2N2S/c1-3-7-19-12(9-16-20-11(2)10-21-16)8-13-14(17)5-4-6-15(13)18/h4-6,10,12,19H,3,7-9H2,1-2H3. The normalized spacial score (nSPS) is 12.6. The highest BCUT2D eigenvalue weighted by atomic mass is 35.5. The van der Waals surface area contributed by atoms with Crippen molar-refractivity contribution in [2.45, 2.75) is 39.2 Å². The summed E-state index contributed by atoms with van der Waals surface area (Å²) in [5.74, 6) is 0. The van der Waals surface area contributed by atoms with Crippen LogP contribution in [0, 0.1) is 6.92 Å². The first-order chi connectivity index (χ1) is 10.1. The second kappa shape index (κ2) is 8.14. The van der Waals surface area contributed by atoms with Crippen LogP contribution in [0.4, 0.5) is 0 Å². The van der Waals surface area contributed by atoms with Crippen LogP contribution in [-0.4, -0.2) is 17.6 Å². The molecule has 1 atom stereocenters. The molecule has 1 unspecified atom stereocenters. The lowest BCUT2D eigenvalue weighted by atomic mass is 10.0. The number of hydrogen-bond acceptors (Lipinski definition) is 3. The number of aromatic nitrogens is 1. The molecule has 2 rings (SSSR count). The maximum atomic E-state index is 6.29. The van der Waals surface area contributed by atoms with E-state index < -0.39 is 0 Å². The van der Waals surface area contributed by atoms with Crippen LogP contribution in [0.2, 0.25) is 10.0 Å². The van der Waals surface area contributed by atoms with E-state index in [9.17, 15) is 0 Å². The van der Waals surface area contributed by atoms with E-state index in [1.807, 2.05) is 25.1 Å². The fourth-order valence-corrected chi connectivity index (χ4v) is 3.65. The molecule has 0 fully saturated rings. The van der Waals surface area contributed by atoms with Crippen LogP contribution in [0.25, 0.3) is 0 Å². The molecule has 5 heteroatoms. The van der Waals surface area contributed by atoms with Crippen molar-refractivity contribution in [1.29, 1.82) is 0 Å². The molecular weight excluding hydrogens is 323 g/mol. The largest absolute Gasteiger partial charge is 0.313 e. The van der Waals surface area contributed by atoms with Crippen molar-refractivity contribution in [3.05, 3.63) is 49.9 Å². The number of aryl methyl sites for hydroxylation is 1. The Balaban J connectivity index is 2.12. The van der Waals surface area contributed by atoms with Gasteiger partial charge >= 0.3 is 0 Å². The van der Waals surface area contributed by atoms with Crippen molar-refractivity contribution >= 4 is 34.5 Å². The van der Waals surface area contributed by atoms with Gasteiger partial charge in [-0.05, 0) is 44.0 Å². The van der Waals surface area contributed by atoms with Gasteiger partial charge in [0, 0.05) is 33.6 Å². The Kier molecular flexibility index (Phi) is 6.49. The van der Waals surface area contributed by atoms with E-state index in [0.29, 0.717) is 6.04 Å². The molecule has 0 aliphatic carbocycles. The molecule has 21 heavy (non-hydrogen) atoms. The maximum absolute atomic E-state index is 6.29. The second-order valence-electron chi connectivity index (χ2n) is 5.14. The van der Waals surface area contributed by atoms with Crippen molar-refractivity contribution < 1.29 is 0 Å². The predicted molar refractivity (Wildman–Crippen MR) is 92.8 cm³/mol. The molecule has 2 aromatic rings. The summed E-state index contributed by atoms with van der Waals surface area (Å²) in [6.07, 6.45) is 2.82. The molecule has 0 saturated heterocycles. The lowest BCUT2D eigenvalue weighted by Crippen LogP contribution is -2.34. The Morgan fingerprint density at radius 2 is 1.95 bits per heavy atom. The molecule has 1 aromatic heterocycles. The molecule has 0 amide bonds. The van der Waals surface area contributed by atoms with Crippen molar-refractivity contribution in [1.82, 2.24) is 10.3 Å². The van der Waals surface area contributed by atoms with Gasteiger partial charge < -0.3 is 5.32 Å². The van der Waals surface area contributed by atoms with Crippen LogP contribution in [0.15, 0.2) is 23.6 Å². The average molecular weight is 343 g/mol. The Morgan fingerprint density at radius 1 is 1.24 bits per heavy atom. The molecule has 2 nitrogen and oxygen atoms in total. The van der Waals surface area contributed by atoms with Gasteiger partial charge in [0.15, 0.2) is 0 Å². The zero-order valence-corrected chi connectivity index (χ0v) is 14.7. The average Bonchev–Trinajstić information content (AvgIpc) is 2.85. The van der Waals surface area contributed by atoms with E-state index in [4.69, 9.17) is 23.2 Å². The van der Waals surface area contributed by atoms with E-state index in [0.717, 1.165) is 52.1 Å². The molecule has 0 aliphatic heterocycles. The lowest BCUT2D eigenvalue weighted by Gasteiger charge is -2.19. The van der Waals surface area contributed by atoms with Crippen LogP contribution in [0.1, 0.15) is 29.6 Å². The first kappa shape index (κ1) is 16.8. The first-order valence-electron chi connectivity index (χ1n) is 7.17. The van der Waals surface area contributed by atoms with Gasteiger partial charge in [-0.1, -0.05) is 36.2 Å². The monoisotopic (exact) mass is 342 g/mol. The van der Waals surface area contributed by atoms with E-state index in [1.165, 1.54) is 0 Å². The second-order valence-corrected chi connectivity index (χ2v) is 6.90. The van der Waals surface area contributed by atoms with Gasteiger partial charge in [-0.3, -0.25) is 0 Å². The smallest absolute Gasteiger partial charge is 0.0943 e. The number of nitrogens with one attached hydrogen (secondary N) is 1. The highest BCUT2D eigenvalue weighted by Crippen LogP contribution is 2.26.